The van der Waals surface area contributed by atoms with Crippen molar-refractivity contribution in [3.8, 4) is 0 Å². The average Bonchev–Trinajstić information content (AvgIpc) is 2.91. The third-order valence-electron chi connectivity index (χ3n) is 6.35. The van der Waals surface area contributed by atoms with E-state index in [2.05, 4.69) is 0 Å². The molecule has 2 amide bonds. The molecule has 2 aliphatic rings. The highest BCUT2D eigenvalue weighted by Gasteiger charge is 2.60. The van der Waals surface area contributed by atoms with Gasteiger partial charge in [0, 0.05) is 12.6 Å². The lowest BCUT2D eigenvalue weighted by molar-refractivity contribution is -0.154. The molecule has 3 atom stereocenters. The number of nitrogens with zero attached hydrogens (tertiary/aromatic N) is 2. The molecule has 9 heteroatoms. The van der Waals surface area contributed by atoms with Crippen LogP contribution in [-0.2, 0) is 29.9 Å². The zero-order chi connectivity index (χ0) is 26.1. The molecule has 0 bridgehead atoms. The molecule has 37 heavy (non-hydrogen) atoms. The number of aliphatic hydroxyl groups is 1. The van der Waals surface area contributed by atoms with Crippen molar-refractivity contribution in [1.29, 1.82) is 0 Å². The predicted octanol–water partition coefficient (Wildman–Crippen LogP) is 3.44. The van der Waals surface area contributed by atoms with E-state index in [1.165, 1.54) is 11.8 Å². The van der Waals surface area contributed by atoms with Crippen molar-refractivity contribution < 1.29 is 28.4 Å². The van der Waals surface area contributed by atoms with Crippen LogP contribution in [0.3, 0.4) is 0 Å². The number of aliphatic hydroxyl groups excluding tert-OH is 1. The van der Waals surface area contributed by atoms with Gasteiger partial charge < -0.3 is 9.84 Å². The highest BCUT2D eigenvalue weighted by molar-refractivity contribution is 7.86. The summed E-state index contributed by atoms with van der Waals surface area (Å²) in [6, 6.07) is 25.7. The van der Waals surface area contributed by atoms with Gasteiger partial charge in [-0.25, -0.2) is 4.79 Å². The summed E-state index contributed by atoms with van der Waals surface area (Å²) >= 11 is 0. The lowest BCUT2D eigenvalue weighted by Crippen LogP contribution is -2.74. The van der Waals surface area contributed by atoms with Gasteiger partial charge >= 0.3 is 5.97 Å². The summed E-state index contributed by atoms with van der Waals surface area (Å²) in [5.74, 6) is -2.76. The first-order valence-corrected chi connectivity index (χ1v) is 13.0. The van der Waals surface area contributed by atoms with E-state index in [-0.39, 0.29) is 11.4 Å². The summed E-state index contributed by atoms with van der Waals surface area (Å²) < 4.78 is 18.9. The number of rotatable bonds is 6. The van der Waals surface area contributed by atoms with E-state index in [1.54, 1.807) is 30.3 Å². The number of benzene rings is 3. The molecule has 0 radical (unpaired) electrons. The molecular formula is C28H24N2O6S. The predicted molar refractivity (Wildman–Crippen MR) is 138 cm³/mol. The van der Waals surface area contributed by atoms with Crippen LogP contribution in [0.4, 0.5) is 5.69 Å². The molecule has 2 heterocycles. The number of hydrogen-bond donors (Lipinski definition) is 1. The van der Waals surface area contributed by atoms with Crippen LogP contribution in [0.1, 0.15) is 24.2 Å². The zero-order valence-electron chi connectivity index (χ0n) is 19.9. The van der Waals surface area contributed by atoms with Gasteiger partial charge in [-0.05, 0) is 23.3 Å². The third-order valence-corrected chi connectivity index (χ3v) is 7.92. The second-order valence-corrected chi connectivity index (χ2v) is 10.2. The second kappa shape index (κ2) is 10.0. The van der Waals surface area contributed by atoms with Crippen molar-refractivity contribution in [3.63, 3.8) is 0 Å². The van der Waals surface area contributed by atoms with Gasteiger partial charge in [-0.3, -0.25) is 23.6 Å². The Balaban J connectivity index is 1.47. The zero-order valence-corrected chi connectivity index (χ0v) is 20.7. The van der Waals surface area contributed by atoms with Gasteiger partial charge in [0.15, 0.2) is 11.8 Å². The minimum Gasteiger partial charge on any atom is -0.509 e. The number of ether oxygens (including phenoxy) is 1. The first kappa shape index (κ1) is 24.5. The minimum atomic E-state index is -1.75. The van der Waals surface area contributed by atoms with Crippen LogP contribution in [-0.4, -0.2) is 49.2 Å². The maximum atomic E-state index is 13.5. The van der Waals surface area contributed by atoms with Crippen LogP contribution in [0.15, 0.2) is 102 Å². The molecule has 3 aromatic rings. The van der Waals surface area contributed by atoms with Crippen molar-refractivity contribution >= 4 is 34.3 Å². The molecular weight excluding hydrogens is 492 g/mol. The van der Waals surface area contributed by atoms with Gasteiger partial charge in [-0.15, -0.1) is 0 Å². The number of hydrogen-bond acceptors (Lipinski definition) is 6. The summed E-state index contributed by atoms with van der Waals surface area (Å²) in [4.78, 5) is 41.7. The molecule has 0 spiro atoms. The smallest absolute Gasteiger partial charge is 0.359 e. The third kappa shape index (κ3) is 4.42. The normalized spacial score (nSPS) is 20.8. The number of esters is 1. The lowest BCUT2D eigenvalue weighted by atomic mass is 10.0. The van der Waals surface area contributed by atoms with Crippen molar-refractivity contribution in [2.24, 2.45) is 0 Å². The largest absolute Gasteiger partial charge is 0.509 e. The van der Waals surface area contributed by atoms with E-state index < -0.39 is 51.9 Å². The van der Waals surface area contributed by atoms with E-state index >= 15 is 0 Å². The molecule has 2 aliphatic heterocycles. The number of anilines is 1. The van der Waals surface area contributed by atoms with Gasteiger partial charge in [0.05, 0.1) is 16.6 Å². The molecule has 5 rings (SSSR count). The summed E-state index contributed by atoms with van der Waals surface area (Å²) in [6.45, 7) is 1.32. The number of fused-ring (bicyclic) bond motifs is 1. The van der Waals surface area contributed by atoms with Crippen molar-refractivity contribution in [2.45, 2.75) is 24.4 Å². The van der Waals surface area contributed by atoms with Gasteiger partial charge in [0.2, 0.25) is 5.91 Å². The van der Waals surface area contributed by atoms with E-state index in [0.717, 1.165) is 4.90 Å². The van der Waals surface area contributed by atoms with Crippen LogP contribution in [0.2, 0.25) is 0 Å². The van der Waals surface area contributed by atoms with Crippen LogP contribution >= 0.6 is 0 Å². The summed E-state index contributed by atoms with van der Waals surface area (Å²) in [7, 11) is -1.75. The molecule has 188 valence electrons. The van der Waals surface area contributed by atoms with Crippen LogP contribution in [0, 0.1) is 0 Å². The van der Waals surface area contributed by atoms with Crippen molar-refractivity contribution in [2.75, 3.05) is 10.7 Å². The number of para-hydroxylation sites is 1. The van der Waals surface area contributed by atoms with Gasteiger partial charge in [0.25, 0.3) is 5.91 Å². The SMILES string of the molecule is CC(=O)N(c1ccccc1)C1C(=O)N2C(C(=O)OC(c3ccccc3)c3ccccc3)=C(O)CS(=O)[C@@H]12. The molecule has 3 aromatic carbocycles. The fourth-order valence-corrected chi connectivity index (χ4v) is 6.25. The molecule has 1 fully saturated rings. The number of amides is 2. The molecule has 1 saturated heterocycles. The van der Waals surface area contributed by atoms with E-state index in [0.29, 0.717) is 16.8 Å². The molecule has 1 N–H and O–H groups in total. The quantitative estimate of drug-likeness (QED) is 0.398. The van der Waals surface area contributed by atoms with E-state index in [1.807, 2.05) is 60.7 Å². The monoisotopic (exact) mass is 516 g/mol. The fraction of sp³-hybridized carbons (Fsp3) is 0.179. The Morgan fingerprint density at radius 2 is 1.46 bits per heavy atom. The Bertz CT molecular complexity index is 1350. The summed E-state index contributed by atoms with van der Waals surface area (Å²) in [6.07, 6.45) is -0.800. The first-order valence-electron chi connectivity index (χ1n) is 11.7. The van der Waals surface area contributed by atoms with Crippen molar-refractivity contribution in [3.05, 3.63) is 114 Å². The van der Waals surface area contributed by atoms with Crippen molar-refractivity contribution in [1.82, 2.24) is 4.90 Å². The first-order chi connectivity index (χ1) is 17.9. The number of carbonyl (C=O) groups excluding carboxylic acids is 3. The van der Waals surface area contributed by atoms with E-state index in [9.17, 15) is 23.7 Å². The Labute approximate surface area is 216 Å². The highest BCUT2D eigenvalue weighted by atomic mass is 32.2. The molecule has 2 unspecified atom stereocenters. The standard InChI is InChI=1S/C28H24N2O6S/c1-18(31)29(21-15-9-4-10-16-21)24-26(33)30-23(22(32)17-37(35)27(24)30)28(34)36-25(19-11-5-2-6-12-19)20-13-7-3-8-14-20/h2-16,24-25,27,32H,17H2,1H3/t24?,27-,37?/m0/s1. The highest BCUT2D eigenvalue weighted by Crippen LogP contribution is 2.40. The maximum absolute atomic E-state index is 13.5. The molecule has 0 aliphatic carbocycles. The Kier molecular flexibility index (Phi) is 6.62. The van der Waals surface area contributed by atoms with Gasteiger partial charge in [0.1, 0.15) is 17.2 Å². The van der Waals surface area contributed by atoms with Crippen LogP contribution < -0.4 is 4.90 Å². The molecule has 0 saturated carbocycles. The minimum absolute atomic E-state index is 0.336. The molecule has 0 aromatic heterocycles. The van der Waals surface area contributed by atoms with Gasteiger partial charge in [-0.2, -0.15) is 0 Å². The van der Waals surface area contributed by atoms with E-state index in [4.69, 9.17) is 4.74 Å². The second-order valence-electron chi connectivity index (χ2n) is 8.70. The average molecular weight is 517 g/mol. The lowest BCUT2D eigenvalue weighted by Gasteiger charge is -2.51. The van der Waals surface area contributed by atoms with Gasteiger partial charge in [-0.1, -0.05) is 78.9 Å². The number of β-lactam (4-membered cyclic amide) rings is 1. The topological polar surface area (TPSA) is 104 Å². The maximum Gasteiger partial charge on any atom is 0.359 e. The van der Waals surface area contributed by atoms with Crippen LogP contribution in [0.25, 0.3) is 0 Å². The molecule has 8 nitrogen and oxygen atoms in total. The number of carbonyl (C=O) groups is 3. The summed E-state index contributed by atoms with van der Waals surface area (Å²) in [5.41, 5.74) is 1.54. The fourth-order valence-electron chi connectivity index (χ4n) is 4.70. The Morgan fingerprint density at radius 1 is 0.946 bits per heavy atom. The Morgan fingerprint density at radius 3 is 1.97 bits per heavy atom. The summed E-state index contributed by atoms with van der Waals surface area (Å²) in [5, 5.41) is 9.67. The van der Waals surface area contributed by atoms with Crippen LogP contribution in [0.5, 0.6) is 0 Å². The Hall–Kier alpha value is -4.24.